The van der Waals surface area contributed by atoms with Gasteiger partial charge in [0.15, 0.2) is 5.15 Å². The van der Waals surface area contributed by atoms with E-state index in [4.69, 9.17) is 16.6 Å². The maximum absolute atomic E-state index is 10.5. The van der Waals surface area contributed by atoms with Gasteiger partial charge in [-0.25, -0.2) is 9.97 Å². The number of hydrogen-bond donors (Lipinski definition) is 2. The summed E-state index contributed by atoms with van der Waals surface area (Å²) in [5.74, 6) is 1.65. The van der Waals surface area contributed by atoms with Crippen LogP contribution in [0.4, 0.5) is 0 Å². The van der Waals surface area contributed by atoms with Gasteiger partial charge in [0.05, 0.1) is 16.6 Å². The molecule has 3 heterocycles. The van der Waals surface area contributed by atoms with Gasteiger partial charge < -0.3 is 15.0 Å². The Morgan fingerprint density at radius 2 is 1.93 bits per heavy atom. The second kappa shape index (κ2) is 7.89. The second-order valence-electron chi connectivity index (χ2n) is 8.21. The molecule has 30 heavy (non-hydrogen) atoms. The van der Waals surface area contributed by atoms with Crippen molar-refractivity contribution in [3.8, 4) is 17.1 Å². The first-order valence-electron chi connectivity index (χ1n) is 10.6. The van der Waals surface area contributed by atoms with Gasteiger partial charge in [-0.15, -0.1) is 0 Å². The Balaban J connectivity index is 1.72. The van der Waals surface area contributed by atoms with Crippen LogP contribution in [-0.2, 0) is 6.54 Å². The van der Waals surface area contributed by atoms with E-state index in [-0.39, 0.29) is 5.75 Å². The molecule has 2 aromatic carbocycles. The molecule has 2 aromatic heterocycles. The van der Waals surface area contributed by atoms with E-state index in [9.17, 15) is 5.11 Å². The number of halogens is 1. The summed E-state index contributed by atoms with van der Waals surface area (Å²) in [6, 6.07) is 13.6. The summed E-state index contributed by atoms with van der Waals surface area (Å²) in [6.07, 6.45) is 3.46. The van der Waals surface area contributed by atoms with Crippen molar-refractivity contribution >= 4 is 33.5 Å². The van der Waals surface area contributed by atoms with E-state index in [1.54, 1.807) is 6.07 Å². The first kappa shape index (κ1) is 19.3. The van der Waals surface area contributed by atoms with Crippen molar-refractivity contribution < 1.29 is 5.11 Å². The Morgan fingerprint density at radius 3 is 2.73 bits per heavy atom. The highest BCUT2D eigenvalue weighted by molar-refractivity contribution is 6.35. The van der Waals surface area contributed by atoms with Gasteiger partial charge in [-0.3, -0.25) is 0 Å². The standard InChI is InChI=1S/C24H25ClN4O/c1-15-6-7-17-19(14-15)27-23(25)21-22(17)29(13-10-16-8-11-26-12-9-16)24(28-21)18-4-2-3-5-20(18)30/h2-7,14,16,26,30H,8-13H2,1H3. The van der Waals surface area contributed by atoms with Crippen LogP contribution in [-0.4, -0.2) is 32.7 Å². The number of aromatic nitrogens is 3. The molecule has 2 N–H and O–H groups in total. The van der Waals surface area contributed by atoms with Crippen molar-refractivity contribution in [2.75, 3.05) is 13.1 Å². The van der Waals surface area contributed by atoms with Crippen LogP contribution in [0.3, 0.4) is 0 Å². The highest BCUT2D eigenvalue weighted by Gasteiger charge is 2.22. The van der Waals surface area contributed by atoms with E-state index in [2.05, 4.69) is 40.0 Å². The van der Waals surface area contributed by atoms with Crippen LogP contribution in [0.2, 0.25) is 5.15 Å². The number of pyridine rings is 1. The van der Waals surface area contributed by atoms with Gasteiger partial charge in [-0.2, -0.15) is 0 Å². The lowest BCUT2D eigenvalue weighted by Gasteiger charge is -2.23. The molecular formula is C24H25ClN4O. The zero-order valence-corrected chi connectivity index (χ0v) is 17.8. The lowest BCUT2D eigenvalue weighted by molar-refractivity contribution is 0.340. The summed E-state index contributed by atoms with van der Waals surface area (Å²) in [5, 5.41) is 15.4. The summed E-state index contributed by atoms with van der Waals surface area (Å²) in [6.45, 7) is 5.05. The van der Waals surface area contributed by atoms with Crippen LogP contribution in [0.1, 0.15) is 24.8 Å². The maximum atomic E-state index is 10.5. The minimum absolute atomic E-state index is 0.222. The number of imidazole rings is 1. The predicted molar refractivity (Wildman–Crippen MR) is 122 cm³/mol. The van der Waals surface area contributed by atoms with Gasteiger partial charge in [0.1, 0.15) is 17.1 Å². The fourth-order valence-corrected chi connectivity index (χ4v) is 4.75. The van der Waals surface area contributed by atoms with Crippen LogP contribution in [0, 0.1) is 12.8 Å². The average Bonchev–Trinajstić information content (AvgIpc) is 3.13. The topological polar surface area (TPSA) is 63.0 Å². The number of nitrogens with zero attached hydrogens (tertiary/aromatic N) is 3. The number of para-hydroxylation sites is 1. The van der Waals surface area contributed by atoms with Gasteiger partial charge in [0.2, 0.25) is 0 Å². The fourth-order valence-electron chi connectivity index (χ4n) is 4.53. The normalized spacial score (nSPS) is 15.3. The summed E-state index contributed by atoms with van der Waals surface area (Å²) in [5.41, 5.74) is 4.43. The van der Waals surface area contributed by atoms with Gasteiger partial charge in [0.25, 0.3) is 0 Å². The van der Waals surface area contributed by atoms with Gasteiger partial charge in [-0.05, 0) is 69.0 Å². The number of aromatic hydroxyl groups is 1. The molecule has 1 fully saturated rings. The van der Waals surface area contributed by atoms with Crippen LogP contribution < -0.4 is 5.32 Å². The summed E-state index contributed by atoms with van der Waals surface area (Å²) < 4.78 is 2.23. The number of fused-ring (bicyclic) bond motifs is 3. The van der Waals surface area contributed by atoms with E-state index >= 15 is 0 Å². The first-order valence-corrected chi connectivity index (χ1v) is 10.9. The monoisotopic (exact) mass is 420 g/mol. The van der Waals surface area contributed by atoms with Crippen molar-refractivity contribution in [3.63, 3.8) is 0 Å². The number of piperidine rings is 1. The number of hydrogen-bond acceptors (Lipinski definition) is 4. The smallest absolute Gasteiger partial charge is 0.157 e. The van der Waals surface area contributed by atoms with Gasteiger partial charge >= 0.3 is 0 Å². The fraction of sp³-hybridized carbons (Fsp3) is 0.333. The highest BCUT2D eigenvalue weighted by atomic mass is 35.5. The Hall–Kier alpha value is -2.63. The molecule has 4 aromatic rings. The number of rotatable bonds is 4. The highest BCUT2D eigenvalue weighted by Crippen LogP contribution is 2.37. The molecular weight excluding hydrogens is 396 g/mol. The average molecular weight is 421 g/mol. The molecule has 0 saturated carbocycles. The maximum Gasteiger partial charge on any atom is 0.157 e. The molecule has 5 nitrogen and oxygen atoms in total. The molecule has 1 saturated heterocycles. The molecule has 0 radical (unpaired) electrons. The van der Waals surface area contributed by atoms with Crippen molar-refractivity contribution in [1.29, 1.82) is 0 Å². The van der Waals surface area contributed by atoms with Crippen molar-refractivity contribution in [2.45, 2.75) is 32.7 Å². The van der Waals surface area contributed by atoms with Crippen LogP contribution >= 0.6 is 11.6 Å². The number of benzene rings is 2. The SMILES string of the molecule is Cc1ccc2c(c1)nc(Cl)c1nc(-c3ccccc3O)n(CCC3CCNCC3)c12. The zero-order chi connectivity index (χ0) is 20.7. The number of phenolic OH excluding ortho intramolecular Hbond substituents is 1. The van der Waals surface area contributed by atoms with Crippen LogP contribution in [0.25, 0.3) is 33.3 Å². The van der Waals surface area contributed by atoms with E-state index in [1.165, 1.54) is 12.8 Å². The van der Waals surface area contributed by atoms with Gasteiger partial charge in [-0.1, -0.05) is 35.9 Å². The van der Waals surface area contributed by atoms with E-state index in [0.29, 0.717) is 16.6 Å². The molecule has 0 unspecified atom stereocenters. The molecule has 0 aliphatic carbocycles. The predicted octanol–water partition coefficient (Wildman–Crippen LogP) is 5.31. The third kappa shape index (κ3) is 3.42. The number of phenols is 1. The third-order valence-corrected chi connectivity index (χ3v) is 6.42. The number of nitrogens with one attached hydrogen (secondary N) is 1. The van der Waals surface area contributed by atoms with Crippen LogP contribution in [0.15, 0.2) is 42.5 Å². The van der Waals surface area contributed by atoms with Gasteiger partial charge in [0, 0.05) is 11.9 Å². The molecule has 154 valence electrons. The molecule has 0 spiro atoms. The Morgan fingerprint density at radius 1 is 1.13 bits per heavy atom. The van der Waals surface area contributed by atoms with Crippen molar-refractivity contribution in [3.05, 3.63) is 53.2 Å². The lowest BCUT2D eigenvalue weighted by Crippen LogP contribution is -2.28. The summed E-state index contributed by atoms with van der Waals surface area (Å²) in [7, 11) is 0. The number of aryl methyl sites for hydroxylation is 2. The van der Waals surface area contributed by atoms with E-state index in [1.807, 2.05) is 18.2 Å². The van der Waals surface area contributed by atoms with Crippen LogP contribution in [0.5, 0.6) is 5.75 Å². The molecule has 0 bridgehead atoms. The molecule has 0 amide bonds. The Bertz CT molecular complexity index is 1230. The Kier molecular flexibility index (Phi) is 5.09. The second-order valence-corrected chi connectivity index (χ2v) is 8.56. The largest absolute Gasteiger partial charge is 0.507 e. The zero-order valence-electron chi connectivity index (χ0n) is 17.0. The minimum Gasteiger partial charge on any atom is -0.507 e. The molecule has 0 atom stereocenters. The van der Waals surface area contributed by atoms with Crippen molar-refractivity contribution in [1.82, 2.24) is 19.9 Å². The molecule has 5 rings (SSSR count). The Labute approximate surface area is 180 Å². The van der Waals surface area contributed by atoms with Crippen molar-refractivity contribution in [2.24, 2.45) is 5.92 Å². The quantitative estimate of drug-likeness (QED) is 0.439. The molecule has 1 aliphatic rings. The molecule has 1 aliphatic heterocycles. The van der Waals surface area contributed by atoms with E-state index < -0.39 is 0 Å². The summed E-state index contributed by atoms with van der Waals surface area (Å²) in [4.78, 5) is 9.48. The molecule has 6 heteroatoms. The third-order valence-electron chi connectivity index (χ3n) is 6.15. The summed E-state index contributed by atoms with van der Waals surface area (Å²) >= 11 is 6.59. The van der Waals surface area contributed by atoms with E-state index in [0.717, 1.165) is 59.4 Å². The first-order chi connectivity index (χ1) is 14.6. The minimum atomic E-state index is 0.222. The lowest BCUT2D eigenvalue weighted by atomic mass is 9.94.